The fraction of sp³-hybridized carbons (Fsp3) is 1.00. The molecular weight excluding hydrogens is 320 g/mol. The van der Waals surface area contributed by atoms with Crippen molar-refractivity contribution in [1.82, 2.24) is 0 Å². The van der Waals surface area contributed by atoms with Crippen molar-refractivity contribution in [2.75, 3.05) is 0 Å². The molecule has 6 aliphatic carbocycles. The highest BCUT2D eigenvalue weighted by atomic mass is 32.2. The first kappa shape index (κ1) is 17.5. The lowest BCUT2D eigenvalue weighted by Crippen LogP contribution is -2.70. The average Bonchev–Trinajstić information content (AvgIpc) is 2.50. The van der Waals surface area contributed by atoms with Crippen molar-refractivity contribution in [1.29, 1.82) is 0 Å². The summed E-state index contributed by atoms with van der Waals surface area (Å²) in [6.45, 7) is 13.7. The third-order valence-corrected chi connectivity index (χ3v) is 10.1. The summed E-state index contributed by atoms with van der Waals surface area (Å²) in [4.78, 5) is 0. The zero-order valence-corrected chi connectivity index (χ0v) is 17.0. The third-order valence-electron chi connectivity index (χ3n) is 9.24. The highest BCUT2D eigenvalue weighted by Crippen LogP contribution is 2.68. The summed E-state index contributed by atoms with van der Waals surface area (Å²) < 4.78 is 25.5. The zero-order valence-electron chi connectivity index (χ0n) is 16.2. The average molecular weight is 355 g/mol. The summed E-state index contributed by atoms with van der Waals surface area (Å²) in [7, 11) is 0. The summed E-state index contributed by atoms with van der Waals surface area (Å²) in [5.41, 5.74) is -0.306. The molecule has 6 unspecified atom stereocenters. The summed E-state index contributed by atoms with van der Waals surface area (Å²) in [5.74, 6) is 2.32. The first-order valence-electron chi connectivity index (χ1n) is 9.87. The molecule has 4 bridgehead atoms. The second-order valence-electron chi connectivity index (χ2n) is 10.4. The maximum Gasteiger partial charge on any atom is 0.305 e. The van der Waals surface area contributed by atoms with Gasteiger partial charge in [-0.25, -0.2) is 0 Å². The van der Waals surface area contributed by atoms with Crippen LogP contribution in [0.5, 0.6) is 0 Å². The van der Waals surface area contributed by atoms with Crippen molar-refractivity contribution in [3.05, 3.63) is 0 Å². The van der Waals surface area contributed by atoms with Gasteiger partial charge in [0, 0.05) is 0 Å². The summed E-state index contributed by atoms with van der Waals surface area (Å²) in [6.07, 6.45) is 7.02. The maximum absolute atomic E-state index is 13.0. The Morgan fingerprint density at radius 2 is 1.12 bits per heavy atom. The van der Waals surface area contributed by atoms with Crippen LogP contribution in [0, 0.1) is 34.5 Å². The van der Waals surface area contributed by atoms with Crippen molar-refractivity contribution in [3.63, 3.8) is 0 Å². The van der Waals surface area contributed by atoms with Crippen LogP contribution in [-0.4, -0.2) is 15.4 Å². The molecule has 0 amide bonds. The van der Waals surface area contributed by atoms with E-state index in [0.717, 1.165) is 12.8 Å². The van der Waals surface area contributed by atoms with Crippen molar-refractivity contribution >= 4 is 11.4 Å². The molecule has 6 saturated carbocycles. The molecule has 0 saturated heterocycles. The number of hydrogen-bond acceptors (Lipinski definition) is 3. The lowest BCUT2D eigenvalue weighted by atomic mass is 9.43. The van der Waals surface area contributed by atoms with E-state index in [1.165, 1.54) is 25.7 Å². The lowest BCUT2D eigenvalue weighted by Gasteiger charge is -2.68. The Bertz CT molecular complexity index is 523. The monoisotopic (exact) mass is 354 g/mol. The van der Waals surface area contributed by atoms with Gasteiger partial charge in [0.2, 0.25) is 0 Å². The smallest absolute Gasteiger partial charge is 0.261 e. The van der Waals surface area contributed by atoms with Crippen LogP contribution in [0.2, 0.25) is 0 Å². The van der Waals surface area contributed by atoms with Gasteiger partial charge in [0.15, 0.2) is 0 Å². The Kier molecular flexibility index (Phi) is 3.69. The van der Waals surface area contributed by atoms with Crippen molar-refractivity contribution in [2.24, 2.45) is 34.5 Å². The number of fused-ring (bicyclic) bond motifs is 4. The molecular formula is C20H34O3S. The fourth-order valence-corrected chi connectivity index (χ4v) is 8.29. The van der Waals surface area contributed by atoms with Crippen LogP contribution in [0.1, 0.15) is 80.1 Å². The van der Waals surface area contributed by atoms with Crippen LogP contribution in [0.3, 0.4) is 0 Å². The van der Waals surface area contributed by atoms with Crippen LogP contribution in [-0.2, 0) is 19.7 Å². The van der Waals surface area contributed by atoms with Gasteiger partial charge in [-0.2, -0.15) is 4.21 Å². The standard InChI is InChI=1S/C20H34O3S/c1-13-7-9-15-11-19(13,17(15,3)4)22-24(21)23-20-12-16(18(20,5)6)10-8-14(20)2/h13-16H,7-12H2,1-6H3. The van der Waals surface area contributed by atoms with Gasteiger partial charge < -0.3 is 0 Å². The normalized spacial score (nSPS) is 52.1. The molecule has 6 atom stereocenters. The van der Waals surface area contributed by atoms with E-state index in [4.69, 9.17) is 8.37 Å². The third kappa shape index (κ3) is 1.89. The Hall–Kier alpha value is 0.0700. The summed E-state index contributed by atoms with van der Waals surface area (Å²) >= 11 is -1.65. The Morgan fingerprint density at radius 1 is 0.750 bits per heavy atom. The molecule has 4 heteroatoms. The van der Waals surface area contributed by atoms with Gasteiger partial charge in [0.25, 0.3) is 0 Å². The second-order valence-corrected chi connectivity index (χ2v) is 11.1. The van der Waals surface area contributed by atoms with Gasteiger partial charge in [-0.15, -0.1) is 0 Å². The van der Waals surface area contributed by atoms with Crippen LogP contribution in [0.4, 0.5) is 0 Å². The Labute approximate surface area is 150 Å². The van der Waals surface area contributed by atoms with E-state index in [1.54, 1.807) is 0 Å². The molecule has 6 rings (SSSR count). The highest BCUT2D eigenvalue weighted by Gasteiger charge is 2.69. The van der Waals surface area contributed by atoms with E-state index in [2.05, 4.69) is 41.5 Å². The minimum Gasteiger partial charge on any atom is -0.261 e. The van der Waals surface area contributed by atoms with Gasteiger partial charge in [-0.3, -0.25) is 8.37 Å². The van der Waals surface area contributed by atoms with Gasteiger partial charge in [-0.05, 0) is 73.0 Å². The first-order chi connectivity index (χ1) is 11.1. The largest absolute Gasteiger partial charge is 0.305 e. The summed E-state index contributed by atoms with van der Waals surface area (Å²) in [6, 6.07) is 0. The molecule has 0 aromatic rings. The van der Waals surface area contributed by atoms with Crippen LogP contribution in [0.15, 0.2) is 0 Å². The van der Waals surface area contributed by atoms with Crippen molar-refractivity contribution in [2.45, 2.75) is 91.3 Å². The van der Waals surface area contributed by atoms with Gasteiger partial charge in [0.05, 0.1) is 11.2 Å². The molecule has 0 aromatic heterocycles. The molecule has 0 heterocycles. The van der Waals surface area contributed by atoms with Gasteiger partial charge >= 0.3 is 11.4 Å². The van der Waals surface area contributed by atoms with Crippen molar-refractivity contribution < 1.29 is 12.6 Å². The van der Waals surface area contributed by atoms with Crippen LogP contribution >= 0.6 is 0 Å². The topological polar surface area (TPSA) is 35.5 Å². The minimum absolute atomic E-state index is 0.108. The van der Waals surface area contributed by atoms with Crippen molar-refractivity contribution in [3.8, 4) is 0 Å². The maximum atomic E-state index is 13.0. The van der Waals surface area contributed by atoms with E-state index in [9.17, 15) is 4.21 Å². The van der Waals surface area contributed by atoms with Crippen LogP contribution < -0.4 is 0 Å². The minimum atomic E-state index is -1.65. The molecule has 138 valence electrons. The molecule has 6 aliphatic rings. The van der Waals surface area contributed by atoms with E-state index in [0.29, 0.717) is 23.7 Å². The van der Waals surface area contributed by atoms with E-state index in [-0.39, 0.29) is 22.0 Å². The van der Waals surface area contributed by atoms with E-state index in [1.807, 2.05) is 0 Å². The van der Waals surface area contributed by atoms with E-state index < -0.39 is 11.4 Å². The van der Waals surface area contributed by atoms with Gasteiger partial charge in [0.1, 0.15) is 0 Å². The van der Waals surface area contributed by atoms with E-state index >= 15 is 0 Å². The molecule has 0 radical (unpaired) electrons. The molecule has 0 aromatic carbocycles. The fourth-order valence-electron chi connectivity index (χ4n) is 6.87. The molecule has 0 N–H and O–H groups in total. The van der Waals surface area contributed by atoms with Gasteiger partial charge in [-0.1, -0.05) is 41.5 Å². The summed E-state index contributed by atoms with van der Waals surface area (Å²) in [5, 5.41) is 0. The SMILES string of the molecule is CC1CCC2CC1(OS(=O)OC13CC(CCC1C)C3(C)C)C2(C)C. The lowest BCUT2D eigenvalue weighted by molar-refractivity contribution is -0.255. The second kappa shape index (κ2) is 5.07. The Balaban J connectivity index is 1.52. The molecule has 24 heavy (non-hydrogen) atoms. The quantitative estimate of drug-likeness (QED) is 0.710. The predicted molar refractivity (Wildman–Crippen MR) is 96.3 cm³/mol. The molecule has 3 nitrogen and oxygen atoms in total. The molecule has 0 spiro atoms. The number of hydrogen-bond donors (Lipinski definition) is 0. The molecule has 0 aliphatic heterocycles. The zero-order chi connectivity index (χ0) is 17.5. The Morgan fingerprint density at radius 3 is 1.42 bits per heavy atom. The van der Waals surface area contributed by atoms with Crippen LogP contribution in [0.25, 0.3) is 0 Å². The highest BCUT2D eigenvalue weighted by molar-refractivity contribution is 7.75. The number of rotatable bonds is 4. The predicted octanol–water partition coefficient (Wildman–Crippen LogP) is 5.03. The molecule has 6 fully saturated rings. The first-order valence-corrected chi connectivity index (χ1v) is 10.9.